The first kappa shape index (κ1) is 30.7. The number of nitrogens with zero attached hydrogens (tertiary/aromatic N) is 4. The predicted octanol–water partition coefficient (Wildman–Crippen LogP) is 4.49. The Bertz CT molecular complexity index is 1610. The van der Waals surface area contributed by atoms with Crippen LogP contribution in [0.1, 0.15) is 49.2 Å². The topological polar surface area (TPSA) is 114 Å². The van der Waals surface area contributed by atoms with Gasteiger partial charge >= 0.3 is 7.12 Å². The zero-order valence-corrected chi connectivity index (χ0v) is 24.9. The Morgan fingerprint density at radius 2 is 1.11 bits per heavy atom. The lowest BCUT2D eigenvalue weighted by molar-refractivity contribution is 0.425. The number of hydrogen-bond donors (Lipinski definition) is 2. The van der Waals surface area contributed by atoms with Gasteiger partial charge in [0.1, 0.15) is 11.4 Å². The zero-order chi connectivity index (χ0) is 28.1. The van der Waals surface area contributed by atoms with Gasteiger partial charge in [-0.25, -0.2) is 9.97 Å². The normalized spacial score (nSPS) is 8.97. The van der Waals surface area contributed by atoms with E-state index in [-0.39, 0.29) is 5.46 Å². The lowest BCUT2D eigenvalue weighted by atomic mass is 9.79. The van der Waals surface area contributed by atoms with Gasteiger partial charge in [0.2, 0.25) is 0 Å². The molecule has 188 valence electrons. The number of thiazole rings is 2. The minimum absolute atomic E-state index is 0.248. The third-order valence-electron chi connectivity index (χ3n) is 4.50. The van der Waals surface area contributed by atoms with Gasteiger partial charge in [-0.05, 0) is 85.0 Å². The standard InChI is InChI=1S/C14H10N2S.C13H9BN2O2S.CH3I/c1-10-5-12(7-13(6-10)8-15)3-4-14-9-17-11(2)16-14;1-9-16-13(8-19-9)3-2-10-4-11(7-15)6-12(5-10)14(17)18;1-2/h5-7,9H,1-2H3;4-6,8,17-18H,1H3;1H3/i1-1;;1-1. The molecular formula is C28H22BIN4O2S2. The van der Waals surface area contributed by atoms with Crippen LogP contribution in [0.25, 0.3) is 0 Å². The first-order valence-electron chi connectivity index (χ1n) is 10.9. The number of rotatable bonds is 1. The molecule has 2 aromatic heterocycles. The Balaban J connectivity index is 0.000000252. The summed E-state index contributed by atoms with van der Waals surface area (Å²) in [5.41, 5.74) is 5.12. The molecule has 10 heteroatoms. The molecule has 0 unspecified atom stereocenters. The Morgan fingerprint density at radius 1 is 0.684 bits per heavy atom. The van der Waals surface area contributed by atoms with E-state index >= 15 is 0 Å². The Kier molecular flexibility index (Phi) is 12.7. The van der Waals surface area contributed by atoms with Crippen LogP contribution in [-0.2, 0) is 0 Å². The van der Waals surface area contributed by atoms with Crippen molar-refractivity contribution in [1.82, 2.24) is 9.97 Å². The molecule has 0 aliphatic carbocycles. The van der Waals surface area contributed by atoms with Gasteiger partial charge in [-0.1, -0.05) is 34.4 Å². The molecule has 2 aromatic carbocycles. The fourth-order valence-electron chi connectivity index (χ4n) is 2.97. The first-order valence-corrected chi connectivity index (χ1v) is 14.9. The largest absolute Gasteiger partial charge is 0.488 e. The molecule has 0 saturated heterocycles. The second-order valence-corrected chi connectivity index (χ2v) is 9.66. The van der Waals surface area contributed by atoms with Crippen molar-refractivity contribution < 1.29 is 10.0 Å². The molecule has 38 heavy (non-hydrogen) atoms. The van der Waals surface area contributed by atoms with E-state index in [0.717, 1.165) is 26.8 Å². The van der Waals surface area contributed by atoms with Crippen molar-refractivity contribution in [1.29, 1.82) is 10.5 Å². The van der Waals surface area contributed by atoms with Crippen molar-refractivity contribution in [3.05, 3.63) is 96.4 Å². The van der Waals surface area contributed by atoms with Crippen LogP contribution in [0.2, 0.25) is 0 Å². The van der Waals surface area contributed by atoms with Gasteiger partial charge in [-0.15, -0.1) is 22.7 Å². The molecular weight excluding hydrogens is 624 g/mol. The van der Waals surface area contributed by atoms with Crippen LogP contribution in [0.4, 0.5) is 0 Å². The summed E-state index contributed by atoms with van der Waals surface area (Å²) in [6.07, 6.45) is 0. The highest BCUT2D eigenvalue weighted by Crippen LogP contribution is 2.10. The summed E-state index contributed by atoms with van der Waals surface area (Å²) in [6, 6.07) is 14.2. The molecule has 0 radical (unpaired) electrons. The van der Waals surface area contributed by atoms with Gasteiger partial charge in [-0.2, -0.15) is 10.5 Å². The third kappa shape index (κ3) is 10.1. The van der Waals surface area contributed by atoms with Crippen molar-refractivity contribution in [2.45, 2.75) is 20.8 Å². The molecule has 0 atom stereocenters. The quantitative estimate of drug-likeness (QED) is 0.137. The molecule has 4 rings (SSSR count). The van der Waals surface area contributed by atoms with Crippen molar-refractivity contribution in [2.75, 3.05) is 4.93 Å². The molecule has 0 bridgehead atoms. The summed E-state index contributed by atoms with van der Waals surface area (Å²) in [5, 5.41) is 41.8. The minimum atomic E-state index is -1.62. The molecule has 0 aliphatic rings. The van der Waals surface area contributed by atoms with E-state index in [9.17, 15) is 0 Å². The Hall–Kier alpha value is -3.49. The summed E-state index contributed by atoms with van der Waals surface area (Å²) in [7, 11) is -1.62. The maximum Gasteiger partial charge on any atom is 0.488 e. The highest BCUT2D eigenvalue weighted by Gasteiger charge is 2.12. The van der Waals surface area contributed by atoms with Crippen LogP contribution in [0.5, 0.6) is 0 Å². The molecule has 6 nitrogen and oxygen atoms in total. The fourth-order valence-corrected chi connectivity index (χ4v) is 4.06. The highest BCUT2D eigenvalue weighted by atomic mass is 127. The van der Waals surface area contributed by atoms with E-state index in [1.807, 2.05) is 54.7 Å². The monoisotopic (exact) mass is 646 g/mol. The number of nitriles is 2. The third-order valence-corrected chi connectivity index (χ3v) is 6.04. The number of alkyl halides is 1. The van der Waals surface area contributed by atoms with E-state index in [2.05, 4.69) is 62.3 Å². The number of halogens is 1. The molecule has 0 aliphatic heterocycles. The van der Waals surface area contributed by atoms with Crippen molar-refractivity contribution in [2.24, 2.45) is 0 Å². The summed E-state index contributed by atoms with van der Waals surface area (Å²) >= 11 is 5.24. The van der Waals surface area contributed by atoms with Gasteiger partial charge in [0.25, 0.3) is 0 Å². The van der Waals surface area contributed by atoms with Gasteiger partial charge < -0.3 is 10.0 Å². The summed E-state index contributed by atoms with van der Waals surface area (Å²) in [6.45, 7) is 5.81. The van der Waals surface area contributed by atoms with Crippen molar-refractivity contribution >= 4 is 57.8 Å². The maximum absolute atomic E-state index is 9.14. The molecule has 2 N–H and O–H groups in total. The SMILES string of the molecule is Cc1nc(C#Cc2cc(C#N)cc(B(O)O)c2)cs1.Cc1nc(C#Cc2cc([11CH3])cc(C#N)c2)cs1.[11CH3]I. The number of aryl methyl sites for hydroxylation is 3. The number of aromatic nitrogens is 2. The van der Waals surface area contributed by atoms with Crippen LogP contribution in [-0.4, -0.2) is 32.1 Å². The summed E-state index contributed by atoms with van der Waals surface area (Å²) in [4.78, 5) is 10.4. The maximum atomic E-state index is 9.14. The molecule has 0 spiro atoms. The first-order chi connectivity index (χ1) is 18.2. The summed E-state index contributed by atoms with van der Waals surface area (Å²) < 4.78 is 0. The van der Waals surface area contributed by atoms with Gasteiger partial charge in [0, 0.05) is 21.9 Å². The Morgan fingerprint density at radius 3 is 1.53 bits per heavy atom. The summed E-state index contributed by atoms with van der Waals surface area (Å²) in [5.74, 6) is 11.8. The van der Waals surface area contributed by atoms with Crippen molar-refractivity contribution in [3.8, 4) is 35.8 Å². The van der Waals surface area contributed by atoms with Gasteiger partial charge in [-0.3, -0.25) is 0 Å². The molecule has 0 saturated carbocycles. The molecule has 4 aromatic rings. The second-order valence-electron chi connectivity index (χ2n) is 7.53. The highest BCUT2D eigenvalue weighted by molar-refractivity contribution is 14.1. The van der Waals surface area contributed by atoms with Gasteiger partial charge in [0.15, 0.2) is 0 Å². The lowest BCUT2D eigenvalue weighted by Crippen LogP contribution is -2.30. The van der Waals surface area contributed by atoms with Crippen LogP contribution in [0.15, 0.2) is 47.2 Å². The zero-order valence-electron chi connectivity index (χ0n) is 21.1. The predicted molar refractivity (Wildman–Crippen MR) is 162 cm³/mol. The van der Waals surface area contributed by atoms with Crippen LogP contribution in [0.3, 0.4) is 0 Å². The Labute approximate surface area is 245 Å². The lowest BCUT2D eigenvalue weighted by Gasteiger charge is -2.00. The minimum Gasteiger partial charge on any atom is -0.423 e. The van der Waals surface area contributed by atoms with Gasteiger partial charge in [0.05, 0.1) is 33.3 Å². The number of benzene rings is 2. The second kappa shape index (κ2) is 15.7. The fraction of sp³-hybridized carbons (Fsp3) is 0.143. The van der Waals surface area contributed by atoms with E-state index in [1.165, 1.54) is 23.5 Å². The van der Waals surface area contributed by atoms with Crippen LogP contribution in [0, 0.1) is 67.1 Å². The van der Waals surface area contributed by atoms with E-state index in [1.54, 1.807) is 23.5 Å². The van der Waals surface area contributed by atoms with E-state index < -0.39 is 7.12 Å². The average Bonchev–Trinajstić information content (AvgIpc) is 3.54. The number of hydrogen-bond acceptors (Lipinski definition) is 8. The average molecular weight is 646 g/mol. The van der Waals surface area contributed by atoms with Crippen molar-refractivity contribution in [3.63, 3.8) is 0 Å². The van der Waals surface area contributed by atoms with Crippen LogP contribution < -0.4 is 5.46 Å². The molecule has 0 amide bonds. The smallest absolute Gasteiger partial charge is 0.423 e. The molecule has 0 fully saturated rings. The molecule has 2 heterocycles. The van der Waals surface area contributed by atoms with E-state index in [4.69, 9.17) is 20.6 Å². The van der Waals surface area contributed by atoms with Crippen LogP contribution >= 0.6 is 45.3 Å². The van der Waals surface area contributed by atoms with E-state index in [0.29, 0.717) is 22.4 Å².